The van der Waals surface area contributed by atoms with E-state index in [0.717, 1.165) is 31.0 Å². The Labute approximate surface area is 212 Å². The molecule has 4 heteroatoms. The Bertz CT molecular complexity index is 949. The first-order valence-electron chi connectivity index (χ1n) is 10.7. The van der Waals surface area contributed by atoms with Crippen LogP contribution in [0.15, 0.2) is 84.9 Å². The Morgan fingerprint density at radius 3 is 1.19 bits per heavy atom. The molecule has 0 radical (unpaired) electrons. The summed E-state index contributed by atoms with van der Waals surface area (Å²) in [5.41, 5.74) is 5.02. The summed E-state index contributed by atoms with van der Waals surface area (Å²) in [5, 5.41) is 0. The predicted molar refractivity (Wildman–Crippen MR) is 154 cm³/mol. The van der Waals surface area contributed by atoms with E-state index >= 15 is 0 Å². The zero-order valence-corrected chi connectivity index (χ0v) is 22.4. The zero-order valence-electron chi connectivity index (χ0n) is 19.1. The summed E-state index contributed by atoms with van der Waals surface area (Å²) in [6.45, 7) is 9.17. The van der Waals surface area contributed by atoms with Crippen molar-refractivity contribution in [3.63, 3.8) is 0 Å². The largest absolute Gasteiger partial charge is 0.113 e. The SMILES string of the molecule is CC(C)(CSC(=S)c1ccccc1)c1ccc(C(C)(C)CSC(=S)c2ccccc2)cc1. The minimum absolute atomic E-state index is 0.0375. The second-order valence-corrected chi connectivity index (χ2v) is 12.5. The molecule has 0 aromatic heterocycles. The highest BCUT2D eigenvalue weighted by atomic mass is 32.2. The molecule has 0 fully saturated rings. The zero-order chi connectivity index (χ0) is 23.2. The van der Waals surface area contributed by atoms with Crippen molar-refractivity contribution in [1.29, 1.82) is 0 Å². The number of hydrogen-bond acceptors (Lipinski definition) is 4. The highest BCUT2D eigenvalue weighted by Gasteiger charge is 2.25. The van der Waals surface area contributed by atoms with Crippen molar-refractivity contribution < 1.29 is 0 Å². The van der Waals surface area contributed by atoms with Crippen LogP contribution in [0.4, 0.5) is 0 Å². The standard InChI is InChI=1S/C28H30S4/c1-27(2,19-31-25(29)21-11-7-5-8-12-21)23-15-17-24(18-16-23)28(3,4)20-32-26(30)22-13-9-6-10-14-22/h5-18H,19-20H2,1-4H3. The first kappa shape index (κ1) is 25.2. The molecule has 0 saturated carbocycles. The average Bonchev–Trinajstić information content (AvgIpc) is 2.82. The van der Waals surface area contributed by atoms with Gasteiger partial charge in [-0.15, -0.1) is 23.5 Å². The van der Waals surface area contributed by atoms with E-state index < -0.39 is 0 Å². The number of hydrogen-bond donors (Lipinski definition) is 0. The van der Waals surface area contributed by atoms with Crippen LogP contribution in [0, 0.1) is 0 Å². The van der Waals surface area contributed by atoms with Crippen LogP contribution >= 0.6 is 48.0 Å². The van der Waals surface area contributed by atoms with Gasteiger partial charge in [-0.05, 0) is 33.1 Å². The van der Waals surface area contributed by atoms with Crippen LogP contribution in [-0.4, -0.2) is 19.9 Å². The van der Waals surface area contributed by atoms with Gasteiger partial charge in [-0.2, -0.15) is 0 Å². The van der Waals surface area contributed by atoms with Gasteiger partial charge < -0.3 is 0 Å². The highest BCUT2D eigenvalue weighted by molar-refractivity contribution is 8.24. The van der Waals surface area contributed by atoms with Gasteiger partial charge in [0.2, 0.25) is 0 Å². The van der Waals surface area contributed by atoms with Crippen molar-refractivity contribution in [3.8, 4) is 0 Å². The van der Waals surface area contributed by atoms with E-state index in [2.05, 4.69) is 76.2 Å². The molecule has 3 rings (SSSR count). The molecule has 0 aliphatic rings. The lowest BCUT2D eigenvalue weighted by Gasteiger charge is -2.28. The molecule has 0 spiro atoms. The van der Waals surface area contributed by atoms with Crippen LogP contribution in [0.25, 0.3) is 0 Å². The van der Waals surface area contributed by atoms with Crippen LogP contribution in [0.3, 0.4) is 0 Å². The van der Waals surface area contributed by atoms with Crippen molar-refractivity contribution in [2.45, 2.75) is 38.5 Å². The summed E-state index contributed by atoms with van der Waals surface area (Å²) in [4.78, 5) is 0. The van der Waals surface area contributed by atoms with Gasteiger partial charge in [0.15, 0.2) is 0 Å². The molecule has 0 bridgehead atoms. The molecule has 0 unspecified atom stereocenters. The summed E-state index contributed by atoms with van der Waals surface area (Å²) < 4.78 is 1.92. The topological polar surface area (TPSA) is 0 Å². The van der Waals surface area contributed by atoms with Crippen LogP contribution in [0.2, 0.25) is 0 Å². The first-order chi connectivity index (χ1) is 15.2. The lowest BCUT2D eigenvalue weighted by molar-refractivity contribution is 0.589. The molecule has 0 heterocycles. The maximum atomic E-state index is 5.64. The maximum absolute atomic E-state index is 5.64. The van der Waals surface area contributed by atoms with Crippen molar-refractivity contribution >= 4 is 56.4 Å². The Morgan fingerprint density at radius 1 is 0.562 bits per heavy atom. The summed E-state index contributed by atoms with van der Waals surface area (Å²) >= 11 is 14.8. The average molecular weight is 495 g/mol. The van der Waals surface area contributed by atoms with E-state index in [1.54, 1.807) is 23.5 Å². The van der Waals surface area contributed by atoms with Crippen molar-refractivity contribution in [2.75, 3.05) is 11.5 Å². The first-order valence-corrected chi connectivity index (χ1v) is 13.5. The van der Waals surface area contributed by atoms with Crippen LogP contribution in [0.1, 0.15) is 49.9 Å². The number of thiocarbonyl (C=S) groups is 2. The molecule has 0 amide bonds. The number of thioether (sulfide) groups is 2. The Balaban J connectivity index is 1.61. The van der Waals surface area contributed by atoms with Gasteiger partial charge >= 0.3 is 0 Å². The Kier molecular flexibility index (Phi) is 8.74. The van der Waals surface area contributed by atoms with Crippen molar-refractivity contribution in [2.24, 2.45) is 0 Å². The van der Waals surface area contributed by atoms with Gasteiger partial charge in [0.05, 0.1) is 8.39 Å². The smallest absolute Gasteiger partial charge is 0.0778 e. The van der Waals surface area contributed by atoms with Crippen molar-refractivity contribution in [1.82, 2.24) is 0 Å². The van der Waals surface area contributed by atoms with Crippen molar-refractivity contribution in [3.05, 3.63) is 107 Å². The molecule has 0 N–H and O–H groups in total. The van der Waals surface area contributed by atoms with E-state index in [1.807, 2.05) is 36.4 Å². The summed E-state index contributed by atoms with van der Waals surface area (Å²) in [7, 11) is 0. The number of rotatable bonds is 8. The Hall–Kier alpha value is -1.46. The molecule has 0 nitrogen and oxygen atoms in total. The van der Waals surface area contributed by atoms with E-state index in [-0.39, 0.29) is 10.8 Å². The maximum Gasteiger partial charge on any atom is 0.0778 e. The van der Waals surface area contributed by atoms with Crippen LogP contribution < -0.4 is 0 Å². The molecule has 3 aromatic carbocycles. The third kappa shape index (κ3) is 6.77. The lowest BCUT2D eigenvalue weighted by atomic mass is 9.82. The minimum atomic E-state index is 0.0375. The normalized spacial score (nSPS) is 11.9. The second kappa shape index (κ2) is 11.1. The minimum Gasteiger partial charge on any atom is -0.113 e. The molecular formula is C28H30S4. The fraction of sp³-hybridized carbons (Fsp3) is 0.286. The van der Waals surface area contributed by atoms with E-state index in [9.17, 15) is 0 Å². The molecule has 32 heavy (non-hydrogen) atoms. The highest BCUT2D eigenvalue weighted by Crippen LogP contribution is 2.33. The third-order valence-corrected chi connectivity index (χ3v) is 9.50. The summed E-state index contributed by atoms with van der Waals surface area (Å²) in [5.74, 6) is 1.90. The van der Waals surface area contributed by atoms with E-state index in [1.165, 1.54) is 11.1 Å². The van der Waals surface area contributed by atoms with Gasteiger partial charge in [0.1, 0.15) is 0 Å². The number of benzene rings is 3. The summed E-state index contributed by atoms with van der Waals surface area (Å²) in [6.07, 6.45) is 0. The van der Waals surface area contributed by atoms with Gasteiger partial charge in [0.25, 0.3) is 0 Å². The second-order valence-electron chi connectivity index (χ2n) is 9.23. The Morgan fingerprint density at radius 2 is 0.875 bits per heavy atom. The fourth-order valence-corrected chi connectivity index (χ4v) is 5.89. The molecule has 166 valence electrons. The molecule has 0 aliphatic heterocycles. The lowest BCUT2D eigenvalue weighted by Crippen LogP contribution is -2.24. The third-order valence-electron chi connectivity index (χ3n) is 5.60. The van der Waals surface area contributed by atoms with Crippen LogP contribution in [0.5, 0.6) is 0 Å². The predicted octanol–water partition coefficient (Wildman–Crippen LogP) is 8.46. The van der Waals surface area contributed by atoms with Gasteiger partial charge in [-0.25, -0.2) is 0 Å². The quantitative estimate of drug-likeness (QED) is 0.288. The molecule has 0 saturated heterocycles. The molecule has 3 aromatic rings. The molecular weight excluding hydrogens is 465 g/mol. The van der Waals surface area contributed by atoms with Gasteiger partial charge in [-0.1, -0.05) is 137 Å². The fourth-order valence-electron chi connectivity index (χ4n) is 3.35. The van der Waals surface area contributed by atoms with E-state index in [4.69, 9.17) is 24.4 Å². The summed E-state index contributed by atoms with van der Waals surface area (Å²) in [6, 6.07) is 29.7. The molecule has 0 aliphatic carbocycles. The van der Waals surface area contributed by atoms with Gasteiger partial charge in [0, 0.05) is 11.5 Å². The molecule has 0 atom stereocenters. The van der Waals surface area contributed by atoms with Gasteiger partial charge in [-0.3, -0.25) is 0 Å². The van der Waals surface area contributed by atoms with Crippen LogP contribution in [-0.2, 0) is 10.8 Å². The van der Waals surface area contributed by atoms with E-state index in [0.29, 0.717) is 0 Å². The monoisotopic (exact) mass is 494 g/mol.